The molecule has 0 unspecified atom stereocenters. The number of phenolic OH excluding ortho intramolecular Hbond substituents is 2. The van der Waals surface area contributed by atoms with Gasteiger partial charge in [-0.25, -0.2) is 0 Å². The normalized spacial score (nSPS) is 14.8. The maximum atomic E-state index is 10.7. The van der Waals surface area contributed by atoms with Crippen molar-refractivity contribution in [2.75, 3.05) is 0 Å². The summed E-state index contributed by atoms with van der Waals surface area (Å²) in [6, 6.07) is 14.8. The van der Waals surface area contributed by atoms with Gasteiger partial charge in [0, 0.05) is 6.42 Å². The van der Waals surface area contributed by atoms with Crippen LogP contribution in [0.5, 0.6) is 11.5 Å². The molecule has 2 atom stereocenters. The third kappa shape index (κ3) is 3.97. The van der Waals surface area contributed by atoms with E-state index in [2.05, 4.69) is 13.8 Å². The zero-order chi connectivity index (χ0) is 17.6. The van der Waals surface area contributed by atoms with Crippen molar-refractivity contribution in [2.24, 2.45) is 0 Å². The lowest BCUT2D eigenvalue weighted by Gasteiger charge is -2.38. The maximum absolute atomic E-state index is 10.7. The molecule has 0 aliphatic heterocycles. The quantitative estimate of drug-likeness (QED) is 0.535. The Labute approximate surface area is 144 Å². The van der Waals surface area contributed by atoms with Gasteiger partial charge < -0.3 is 15.0 Å². The van der Waals surface area contributed by atoms with Crippen molar-refractivity contribution >= 4 is 6.29 Å². The lowest BCUT2D eigenvalue weighted by molar-refractivity contribution is -0.108. The van der Waals surface area contributed by atoms with E-state index < -0.39 is 0 Å². The molecule has 0 saturated heterocycles. The maximum Gasteiger partial charge on any atom is 0.119 e. The standard InChI is InChI=1S/C21H26O3/c1-3-21(2,17-9-13-19(24)14-10-17)20(6-4-5-15-22)16-7-11-18(23)12-8-16/h7-15,20,23-24H,3-6H2,1-2H3/t20-,21+/m1/s1. The predicted octanol–water partition coefficient (Wildman–Crippen LogP) is 4.92. The highest BCUT2D eigenvalue weighted by Crippen LogP contribution is 2.45. The van der Waals surface area contributed by atoms with E-state index in [1.165, 1.54) is 5.56 Å². The minimum absolute atomic E-state index is 0.118. The Hall–Kier alpha value is -2.29. The van der Waals surface area contributed by atoms with Crippen LogP contribution in [0.1, 0.15) is 56.6 Å². The Balaban J connectivity index is 2.42. The number of aldehydes is 1. The van der Waals surface area contributed by atoms with Gasteiger partial charge in [-0.05, 0) is 66.0 Å². The summed E-state index contributed by atoms with van der Waals surface area (Å²) in [4.78, 5) is 10.7. The van der Waals surface area contributed by atoms with E-state index in [1.807, 2.05) is 24.3 Å². The fourth-order valence-electron chi connectivity index (χ4n) is 3.46. The molecule has 0 bridgehead atoms. The zero-order valence-corrected chi connectivity index (χ0v) is 14.4. The highest BCUT2D eigenvalue weighted by atomic mass is 16.3. The topological polar surface area (TPSA) is 57.5 Å². The van der Waals surface area contributed by atoms with Crippen LogP contribution >= 0.6 is 0 Å². The molecule has 0 aliphatic rings. The van der Waals surface area contributed by atoms with Gasteiger partial charge >= 0.3 is 0 Å². The average Bonchev–Trinajstić information content (AvgIpc) is 2.60. The molecule has 0 aromatic heterocycles. The molecule has 0 saturated carbocycles. The number of hydrogen-bond acceptors (Lipinski definition) is 3. The van der Waals surface area contributed by atoms with Crippen LogP contribution in [0.2, 0.25) is 0 Å². The van der Waals surface area contributed by atoms with Crippen molar-refractivity contribution in [3.8, 4) is 11.5 Å². The smallest absolute Gasteiger partial charge is 0.119 e. The summed E-state index contributed by atoms with van der Waals surface area (Å²) < 4.78 is 0. The summed E-state index contributed by atoms with van der Waals surface area (Å²) in [5.41, 5.74) is 2.22. The van der Waals surface area contributed by atoms with Crippen molar-refractivity contribution in [3.05, 3.63) is 59.7 Å². The molecular weight excluding hydrogens is 300 g/mol. The number of hydrogen-bond donors (Lipinski definition) is 2. The number of benzene rings is 2. The molecule has 24 heavy (non-hydrogen) atoms. The first-order chi connectivity index (χ1) is 11.5. The minimum atomic E-state index is -0.118. The summed E-state index contributed by atoms with van der Waals surface area (Å²) in [6.07, 6.45) is 4.20. The second-order valence-corrected chi connectivity index (χ2v) is 6.56. The number of carbonyl (C=O) groups excluding carboxylic acids is 1. The monoisotopic (exact) mass is 326 g/mol. The first kappa shape index (κ1) is 18.1. The summed E-state index contributed by atoms with van der Waals surface area (Å²) in [5.74, 6) is 0.750. The van der Waals surface area contributed by atoms with E-state index in [9.17, 15) is 15.0 Å². The van der Waals surface area contributed by atoms with Crippen molar-refractivity contribution in [1.29, 1.82) is 0 Å². The van der Waals surface area contributed by atoms with Crippen LogP contribution < -0.4 is 0 Å². The third-order valence-electron chi connectivity index (χ3n) is 5.14. The van der Waals surface area contributed by atoms with E-state index in [4.69, 9.17) is 0 Å². The number of carbonyl (C=O) groups is 1. The molecule has 0 aliphatic carbocycles. The van der Waals surface area contributed by atoms with Gasteiger partial charge in [0.25, 0.3) is 0 Å². The number of aromatic hydroxyl groups is 2. The van der Waals surface area contributed by atoms with Crippen LogP contribution in [0.3, 0.4) is 0 Å². The first-order valence-electron chi connectivity index (χ1n) is 8.53. The summed E-state index contributed by atoms with van der Waals surface area (Å²) in [5, 5.41) is 19.2. The van der Waals surface area contributed by atoms with Crippen molar-refractivity contribution in [2.45, 2.75) is 50.9 Å². The Morgan fingerprint density at radius 2 is 1.54 bits per heavy atom. The molecule has 2 aromatic carbocycles. The SMILES string of the molecule is CC[C@@](C)(c1ccc(O)cc1)[C@H](CCCC=O)c1ccc(O)cc1. The van der Waals surface area contributed by atoms with Crippen molar-refractivity contribution < 1.29 is 15.0 Å². The molecule has 0 amide bonds. The van der Waals surface area contributed by atoms with Gasteiger partial charge in [-0.15, -0.1) is 0 Å². The van der Waals surface area contributed by atoms with Crippen LogP contribution in [-0.2, 0) is 10.2 Å². The lowest BCUT2D eigenvalue weighted by atomic mass is 9.65. The van der Waals surface area contributed by atoms with Crippen molar-refractivity contribution in [1.82, 2.24) is 0 Å². The van der Waals surface area contributed by atoms with E-state index in [0.29, 0.717) is 6.42 Å². The molecule has 2 rings (SSSR count). The fraction of sp³-hybridized carbons (Fsp3) is 0.381. The highest BCUT2D eigenvalue weighted by Gasteiger charge is 2.35. The summed E-state index contributed by atoms with van der Waals surface area (Å²) in [7, 11) is 0. The van der Waals surface area contributed by atoms with Crippen LogP contribution in [0.4, 0.5) is 0 Å². The summed E-state index contributed by atoms with van der Waals surface area (Å²) in [6.45, 7) is 4.40. The first-order valence-corrected chi connectivity index (χ1v) is 8.53. The fourth-order valence-corrected chi connectivity index (χ4v) is 3.46. The highest BCUT2D eigenvalue weighted by molar-refractivity contribution is 5.49. The van der Waals surface area contributed by atoms with Crippen LogP contribution in [0.15, 0.2) is 48.5 Å². The van der Waals surface area contributed by atoms with Gasteiger partial charge in [0.05, 0.1) is 0 Å². The van der Waals surface area contributed by atoms with E-state index in [1.54, 1.807) is 24.3 Å². The molecule has 0 spiro atoms. The molecule has 2 N–H and O–H groups in total. The van der Waals surface area contributed by atoms with Crippen molar-refractivity contribution in [3.63, 3.8) is 0 Å². The Morgan fingerprint density at radius 1 is 1.00 bits per heavy atom. The largest absolute Gasteiger partial charge is 0.508 e. The van der Waals surface area contributed by atoms with Gasteiger partial charge in [-0.1, -0.05) is 38.1 Å². The Kier molecular flexibility index (Phi) is 6.02. The minimum Gasteiger partial charge on any atom is -0.508 e. The van der Waals surface area contributed by atoms with Crippen LogP contribution in [0, 0.1) is 0 Å². The third-order valence-corrected chi connectivity index (χ3v) is 5.14. The number of rotatable bonds is 8. The summed E-state index contributed by atoms with van der Waals surface area (Å²) >= 11 is 0. The molecule has 128 valence electrons. The molecule has 0 fully saturated rings. The van der Waals surface area contributed by atoms with Crippen LogP contribution in [0.25, 0.3) is 0 Å². The van der Waals surface area contributed by atoms with E-state index in [0.717, 1.165) is 31.1 Å². The van der Waals surface area contributed by atoms with Crippen LogP contribution in [-0.4, -0.2) is 16.5 Å². The molecule has 2 aromatic rings. The number of unbranched alkanes of at least 4 members (excludes halogenated alkanes) is 1. The molecular formula is C21H26O3. The van der Waals surface area contributed by atoms with E-state index >= 15 is 0 Å². The van der Waals surface area contributed by atoms with Gasteiger partial charge in [0.2, 0.25) is 0 Å². The molecule has 0 heterocycles. The zero-order valence-electron chi connectivity index (χ0n) is 14.4. The van der Waals surface area contributed by atoms with Gasteiger partial charge in [0.1, 0.15) is 17.8 Å². The Morgan fingerprint density at radius 3 is 2.04 bits per heavy atom. The second kappa shape index (κ2) is 8.00. The van der Waals surface area contributed by atoms with E-state index in [-0.39, 0.29) is 22.8 Å². The van der Waals surface area contributed by atoms with Gasteiger partial charge in [0.15, 0.2) is 0 Å². The Bertz CT molecular complexity index is 646. The molecule has 3 nitrogen and oxygen atoms in total. The predicted molar refractivity (Wildman–Crippen MR) is 96.5 cm³/mol. The van der Waals surface area contributed by atoms with Gasteiger partial charge in [-0.2, -0.15) is 0 Å². The average molecular weight is 326 g/mol. The lowest BCUT2D eigenvalue weighted by Crippen LogP contribution is -2.30. The second-order valence-electron chi connectivity index (χ2n) is 6.56. The molecule has 0 radical (unpaired) electrons. The number of phenols is 2. The van der Waals surface area contributed by atoms with Gasteiger partial charge in [-0.3, -0.25) is 0 Å². The molecule has 3 heteroatoms.